The van der Waals surface area contributed by atoms with Crippen molar-refractivity contribution in [1.29, 1.82) is 0 Å². The number of amides is 2. The topological polar surface area (TPSA) is 36.0 Å². The molecule has 0 aromatic heterocycles. The molecule has 0 N–H and O–H groups in total. The van der Waals surface area contributed by atoms with Crippen LogP contribution in [0.2, 0.25) is 0 Å². The molecule has 172 valence electrons. The minimum atomic E-state index is 0.217. The molecule has 7 rings (SSSR count). The molecule has 0 spiro atoms. The van der Waals surface area contributed by atoms with Gasteiger partial charge in [0.2, 0.25) is 0 Å². The number of fused-ring (bicyclic) bond motifs is 1. The van der Waals surface area contributed by atoms with Gasteiger partial charge in [-0.3, -0.25) is 4.90 Å². The molecule has 2 aliphatic heterocycles. The van der Waals surface area contributed by atoms with Crippen LogP contribution in [0.1, 0.15) is 49.7 Å². The third-order valence-corrected chi connectivity index (χ3v) is 10.6. The molecule has 32 heavy (non-hydrogen) atoms. The first-order valence-corrected chi connectivity index (χ1v) is 12.9. The van der Waals surface area contributed by atoms with Crippen molar-refractivity contribution in [1.82, 2.24) is 14.7 Å². The van der Waals surface area contributed by atoms with Crippen LogP contribution in [0.3, 0.4) is 0 Å². The average Bonchev–Trinajstić information content (AvgIpc) is 3.48. The largest absolute Gasteiger partial charge is 0.497 e. The van der Waals surface area contributed by atoms with Crippen LogP contribution in [0, 0.1) is 23.2 Å². The number of benzene rings is 1. The Bertz CT molecular complexity index is 974. The lowest BCUT2D eigenvalue weighted by Crippen LogP contribution is -2.70. The number of carbonyl (C=O) groups is 1. The molecular formula is C27H37N3O2. The van der Waals surface area contributed by atoms with Crippen LogP contribution in [0.25, 0.3) is 0 Å². The zero-order valence-electron chi connectivity index (χ0n) is 19.8. The quantitative estimate of drug-likeness (QED) is 0.725. The maximum Gasteiger partial charge on any atom is 0.319 e. The minimum absolute atomic E-state index is 0.217. The Kier molecular flexibility index (Phi) is 3.96. The van der Waals surface area contributed by atoms with Crippen molar-refractivity contribution in [3.8, 4) is 5.75 Å². The molecule has 3 saturated carbocycles. The molecule has 2 amide bonds. The summed E-state index contributed by atoms with van der Waals surface area (Å²) in [5, 5.41) is 0. The van der Waals surface area contributed by atoms with Crippen LogP contribution in [-0.4, -0.2) is 73.7 Å². The van der Waals surface area contributed by atoms with Gasteiger partial charge >= 0.3 is 6.03 Å². The highest BCUT2D eigenvalue weighted by molar-refractivity contribution is 5.75. The fourth-order valence-electron chi connectivity index (χ4n) is 9.54. The van der Waals surface area contributed by atoms with Gasteiger partial charge in [0.15, 0.2) is 0 Å². The number of carbonyl (C=O) groups excluding carboxylic acids is 1. The molecule has 5 heteroatoms. The Hall–Kier alpha value is -1.75. The molecule has 5 fully saturated rings. The van der Waals surface area contributed by atoms with Crippen LogP contribution in [0.15, 0.2) is 18.2 Å². The van der Waals surface area contributed by atoms with Gasteiger partial charge in [-0.2, -0.15) is 0 Å². The molecule has 6 atom stereocenters. The first-order chi connectivity index (χ1) is 15.5. The van der Waals surface area contributed by atoms with Crippen molar-refractivity contribution < 1.29 is 9.53 Å². The van der Waals surface area contributed by atoms with E-state index < -0.39 is 0 Å². The molecule has 4 bridgehead atoms. The molecule has 0 radical (unpaired) electrons. The van der Waals surface area contributed by atoms with Gasteiger partial charge in [0.25, 0.3) is 0 Å². The van der Waals surface area contributed by atoms with E-state index in [1.54, 1.807) is 23.1 Å². The summed E-state index contributed by atoms with van der Waals surface area (Å²) in [5.41, 5.74) is 3.76. The molecule has 4 aliphatic carbocycles. The summed E-state index contributed by atoms with van der Waals surface area (Å²) in [6, 6.07) is 8.25. The molecule has 2 heterocycles. The van der Waals surface area contributed by atoms with E-state index in [2.05, 4.69) is 28.0 Å². The smallest absolute Gasteiger partial charge is 0.319 e. The lowest BCUT2D eigenvalue weighted by Gasteiger charge is -2.66. The van der Waals surface area contributed by atoms with Gasteiger partial charge in [-0.25, -0.2) is 4.79 Å². The van der Waals surface area contributed by atoms with Gasteiger partial charge in [0, 0.05) is 44.7 Å². The minimum Gasteiger partial charge on any atom is -0.497 e. The summed E-state index contributed by atoms with van der Waals surface area (Å²) >= 11 is 0. The molecule has 1 aromatic carbocycles. The zero-order chi connectivity index (χ0) is 21.8. The Balaban J connectivity index is 1.38. The number of hydrogen-bond donors (Lipinski definition) is 0. The first-order valence-electron chi connectivity index (χ1n) is 12.9. The summed E-state index contributed by atoms with van der Waals surface area (Å²) in [6.07, 6.45) is 9.12. The van der Waals surface area contributed by atoms with Crippen molar-refractivity contribution in [2.75, 3.05) is 40.8 Å². The maximum absolute atomic E-state index is 13.1. The second-order valence-electron chi connectivity index (χ2n) is 12.0. The van der Waals surface area contributed by atoms with E-state index in [-0.39, 0.29) is 11.4 Å². The first kappa shape index (κ1) is 19.7. The Morgan fingerprint density at radius 2 is 2.06 bits per heavy atom. The number of ether oxygens (including phenoxy) is 1. The highest BCUT2D eigenvalue weighted by Gasteiger charge is 2.76. The number of likely N-dealkylation sites (tertiary alicyclic amines) is 2. The van der Waals surface area contributed by atoms with Crippen LogP contribution < -0.4 is 4.74 Å². The third kappa shape index (κ3) is 2.26. The number of methoxy groups -OCH3 is 1. The Morgan fingerprint density at radius 3 is 2.81 bits per heavy atom. The standard InChI is InChI=1S/C27H37N3O2/c1-28(2)25(31)30-16-19-14-26-9-8-22(30)24(19)27(26)10-11-29(15-17-4-5-17)23(26)12-18-6-7-20(32-3)13-21(18)27/h6-7,13,17,19,22-24H,4-5,8-12,14-16H2,1-3H3/t19-,22?,23-,24?,26-,27+/m1/s1. The van der Waals surface area contributed by atoms with Crippen molar-refractivity contribution in [3.63, 3.8) is 0 Å². The second kappa shape index (κ2) is 6.43. The lowest BCUT2D eigenvalue weighted by molar-refractivity contribution is -0.102. The highest BCUT2D eigenvalue weighted by atomic mass is 16.5. The van der Waals surface area contributed by atoms with E-state index in [0.717, 1.165) is 18.2 Å². The average molecular weight is 436 g/mol. The monoisotopic (exact) mass is 435 g/mol. The van der Waals surface area contributed by atoms with Crippen LogP contribution in [0.5, 0.6) is 5.75 Å². The fourth-order valence-corrected chi connectivity index (χ4v) is 9.54. The van der Waals surface area contributed by atoms with Crippen molar-refractivity contribution in [2.45, 2.75) is 62.4 Å². The van der Waals surface area contributed by atoms with Gasteiger partial charge in [0.05, 0.1) is 7.11 Å². The van der Waals surface area contributed by atoms with Gasteiger partial charge in [0.1, 0.15) is 5.75 Å². The van der Waals surface area contributed by atoms with E-state index in [9.17, 15) is 4.79 Å². The molecular weight excluding hydrogens is 398 g/mol. The van der Waals surface area contributed by atoms with Crippen LogP contribution in [0.4, 0.5) is 4.79 Å². The normalized spacial score (nSPS) is 41.3. The predicted octanol–water partition coefficient (Wildman–Crippen LogP) is 3.76. The second-order valence-corrected chi connectivity index (χ2v) is 12.0. The van der Waals surface area contributed by atoms with E-state index in [4.69, 9.17) is 4.74 Å². The van der Waals surface area contributed by atoms with Crippen LogP contribution >= 0.6 is 0 Å². The number of hydrogen-bond acceptors (Lipinski definition) is 3. The maximum atomic E-state index is 13.1. The molecule has 2 saturated heterocycles. The SMILES string of the molecule is COc1ccc2c(c1)[C@]13CCN(CC4CC4)[C@H](C2)[C@]12CCC1C3[C@@H](CN1C(=O)N(C)C)C2. The van der Waals surface area contributed by atoms with Crippen LogP contribution in [-0.2, 0) is 11.8 Å². The van der Waals surface area contributed by atoms with E-state index >= 15 is 0 Å². The van der Waals surface area contributed by atoms with Gasteiger partial charge in [-0.05, 0) is 97.9 Å². The summed E-state index contributed by atoms with van der Waals surface area (Å²) in [4.78, 5) is 20.1. The molecule has 1 aromatic rings. The predicted molar refractivity (Wildman–Crippen MR) is 124 cm³/mol. The highest BCUT2D eigenvalue weighted by Crippen LogP contribution is 2.75. The van der Waals surface area contributed by atoms with E-state index in [0.29, 0.717) is 29.3 Å². The Morgan fingerprint density at radius 1 is 1.22 bits per heavy atom. The summed E-state index contributed by atoms with van der Waals surface area (Å²) in [7, 11) is 5.62. The van der Waals surface area contributed by atoms with Gasteiger partial charge in [-0.15, -0.1) is 0 Å². The van der Waals surface area contributed by atoms with Gasteiger partial charge in [-0.1, -0.05) is 6.07 Å². The van der Waals surface area contributed by atoms with Crippen molar-refractivity contribution >= 4 is 6.03 Å². The number of nitrogens with zero attached hydrogens (tertiary/aromatic N) is 3. The number of urea groups is 1. The number of rotatable bonds is 3. The van der Waals surface area contributed by atoms with Gasteiger partial charge < -0.3 is 14.5 Å². The fraction of sp³-hybridized carbons (Fsp3) is 0.741. The molecule has 6 aliphatic rings. The summed E-state index contributed by atoms with van der Waals surface area (Å²) in [5.74, 6) is 3.20. The van der Waals surface area contributed by atoms with E-state index in [1.807, 2.05) is 14.1 Å². The van der Waals surface area contributed by atoms with Crippen molar-refractivity contribution in [3.05, 3.63) is 29.3 Å². The third-order valence-electron chi connectivity index (χ3n) is 10.6. The van der Waals surface area contributed by atoms with E-state index in [1.165, 1.54) is 58.0 Å². The zero-order valence-corrected chi connectivity index (χ0v) is 19.8. The lowest BCUT2D eigenvalue weighted by atomic mass is 9.43. The summed E-state index contributed by atoms with van der Waals surface area (Å²) < 4.78 is 5.74. The molecule has 2 unspecified atom stereocenters. The molecule has 5 nitrogen and oxygen atoms in total. The number of piperidine rings is 1. The Labute approximate surface area is 192 Å². The van der Waals surface area contributed by atoms with Crippen molar-refractivity contribution in [2.24, 2.45) is 23.2 Å². The summed E-state index contributed by atoms with van der Waals surface area (Å²) in [6.45, 7) is 3.51.